The summed E-state index contributed by atoms with van der Waals surface area (Å²) in [5.74, 6) is -0.492. The Bertz CT molecular complexity index is 1030. The van der Waals surface area contributed by atoms with Crippen LogP contribution in [0.3, 0.4) is 0 Å². The largest absolute Gasteiger partial charge is 0.445 e. The Labute approximate surface area is 192 Å². The lowest BCUT2D eigenvalue weighted by molar-refractivity contribution is 0.0774. The number of carbonyl (C=O) groups excluding carboxylic acids is 1. The Morgan fingerprint density at radius 3 is 2.19 bits per heavy atom. The van der Waals surface area contributed by atoms with Gasteiger partial charge in [-0.1, -0.05) is 78.0 Å². The number of alkyl halides is 2. The molecule has 3 rings (SSSR count). The molecule has 1 amide bonds. The molecule has 0 aromatic heterocycles. The molecule has 4 nitrogen and oxygen atoms in total. The quantitative estimate of drug-likeness (QED) is 0.315. The summed E-state index contributed by atoms with van der Waals surface area (Å²) in [6.45, 7) is 1.81. The first-order valence-corrected chi connectivity index (χ1v) is 12.0. The van der Waals surface area contributed by atoms with Gasteiger partial charge >= 0.3 is 6.09 Å². The summed E-state index contributed by atoms with van der Waals surface area (Å²) >= 11 is 0.765. The van der Waals surface area contributed by atoms with E-state index in [4.69, 9.17) is 4.74 Å². The van der Waals surface area contributed by atoms with Crippen molar-refractivity contribution in [1.82, 2.24) is 5.32 Å². The van der Waals surface area contributed by atoms with Gasteiger partial charge in [0.25, 0.3) is 6.43 Å². The lowest BCUT2D eigenvalue weighted by atomic mass is 10.2. The average molecular weight is 476 g/mol. The highest BCUT2D eigenvalue weighted by Gasteiger charge is 2.45. The summed E-state index contributed by atoms with van der Waals surface area (Å²) in [6, 6.07) is 24.2. The molecule has 8 heteroatoms. The Morgan fingerprint density at radius 1 is 1.00 bits per heavy atom. The highest BCUT2D eigenvalue weighted by atomic mass is 32.2. The molecule has 32 heavy (non-hydrogen) atoms. The monoisotopic (exact) mass is 475 g/mol. The number of nitrogens with one attached hydrogen (secondary N) is 1. The van der Waals surface area contributed by atoms with Crippen LogP contribution < -0.4 is 5.32 Å². The lowest BCUT2D eigenvalue weighted by Gasteiger charge is -2.32. The fourth-order valence-electron chi connectivity index (χ4n) is 2.85. The minimum atomic E-state index is -3.01. The molecular formula is C24H23F2NO3S2. The molecule has 1 N–H and O–H groups in total. The molecular weight excluding hydrogens is 452 g/mol. The summed E-state index contributed by atoms with van der Waals surface area (Å²) in [4.78, 5) is 11.3. The molecule has 0 aliphatic carbocycles. The average Bonchev–Trinajstić information content (AvgIpc) is 2.79. The Balaban J connectivity index is 1.83. The molecule has 0 bridgehead atoms. The number of ether oxygens (including phenoxy) is 1. The third-order valence-corrected chi connectivity index (χ3v) is 7.55. The fourth-order valence-corrected chi connectivity index (χ4v) is 5.54. The van der Waals surface area contributed by atoms with Gasteiger partial charge in [-0.2, -0.15) is 0 Å². The van der Waals surface area contributed by atoms with Crippen LogP contribution >= 0.6 is 11.8 Å². The second-order valence-corrected chi connectivity index (χ2v) is 9.95. The molecule has 2 atom stereocenters. The van der Waals surface area contributed by atoms with Gasteiger partial charge in [-0.15, -0.1) is 0 Å². The van der Waals surface area contributed by atoms with Crippen molar-refractivity contribution in [2.45, 2.75) is 34.6 Å². The maximum Gasteiger partial charge on any atom is 0.408 e. The van der Waals surface area contributed by atoms with Gasteiger partial charge in [0.2, 0.25) is 0 Å². The van der Waals surface area contributed by atoms with E-state index in [0.717, 1.165) is 22.9 Å². The predicted octanol–water partition coefficient (Wildman–Crippen LogP) is 5.78. The van der Waals surface area contributed by atoms with Crippen LogP contribution in [-0.4, -0.2) is 27.4 Å². The van der Waals surface area contributed by atoms with Crippen molar-refractivity contribution >= 4 is 28.7 Å². The van der Waals surface area contributed by atoms with E-state index < -0.39 is 33.9 Å². The second kappa shape index (κ2) is 11.2. The fraction of sp³-hybridized carbons (Fsp3) is 0.208. The van der Waals surface area contributed by atoms with Gasteiger partial charge in [0.05, 0.1) is 16.6 Å². The highest BCUT2D eigenvalue weighted by Crippen LogP contribution is 2.37. The van der Waals surface area contributed by atoms with Gasteiger partial charge in [0, 0.05) is 9.79 Å². The Morgan fingerprint density at radius 2 is 1.59 bits per heavy atom. The zero-order chi connectivity index (χ0) is 23.0. The second-order valence-electron chi connectivity index (χ2n) is 7.09. The Hall–Kier alpha value is -2.71. The van der Waals surface area contributed by atoms with Crippen LogP contribution in [0.5, 0.6) is 0 Å². The van der Waals surface area contributed by atoms with Crippen LogP contribution in [0.2, 0.25) is 0 Å². The molecule has 0 saturated carbocycles. The van der Waals surface area contributed by atoms with Crippen LogP contribution in [0.25, 0.3) is 0 Å². The first-order chi connectivity index (χ1) is 15.4. The van der Waals surface area contributed by atoms with Crippen molar-refractivity contribution in [1.29, 1.82) is 0 Å². The van der Waals surface area contributed by atoms with E-state index in [2.05, 4.69) is 5.32 Å². The molecule has 0 aliphatic heterocycles. The Kier molecular flexibility index (Phi) is 8.41. The van der Waals surface area contributed by atoms with E-state index in [-0.39, 0.29) is 6.61 Å². The number of rotatable bonds is 9. The number of hydrogen-bond acceptors (Lipinski definition) is 4. The zero-order valence-corrected chi connectivity index (χ0v) is 19.0. The van der Waals surface area contributed by atoms with Gasteiger partial charge in [-0.25, -0.2) is 13.6 Å². The predicted molar refractivity (Wildman–Crippen MR) is 123 cm³/mol. The van der Waals surface area contributed by atoms with Crippen molar-refractivity contribution in [3.05, 3.63) is 96.1 Å². The molecule has 0 heterocycles. The van der Waals surface area contributed by atoms with Crippen LogP contribution in [0.15, 0.2) is 94.7 Å². The topological polar surface area (TPSA) is 55.4 Å². The standard InChI is InChI=1S/C24H23F2NO3S2/c1-18-12-14-21(15-13-18)32(29)17-24(22(25)26,31-20-10-6-3-7-11-20)27-23(28)30-16-19-8-4-2-5-9-19/h2-15,22H,16-17H2,1H3,(H,27,28)/t24-,32-/m1/s1. The number of hydrogen-bond donors (Lipinski definition) is 1. The van der Waals surface area contributed by atoms with Crippen LogP contribution in [0.4, 0.5) is 13.6 Å². The van der Waals surface area contributed by atoms with Crippen LogP contribution in [0.1, 0.15) is 11.1 Å². The van der Waals surface area contributed by atoms with Crippen LogP contribution in [0, 0.1) is 6.92 Å². The summed E-state index contributed by atoms with van der Waals surface area (Å²) in [5.41, 5.74) is 1.69. The van der Waals surface area contributed by atoms with Gasteiger partial charge < -0.3 is 10.1 Å². The maximum absolute atomic E-state index is 14.5. The molecule has 0 spiro atoms. The van der Waals surface area contributed by atoms with Crippen LogP contribution in [-0.2, 0) is 22.1 Å². The summed E-state index contributed by atoms with van der Waals surface area (Å²) in [7, 11) is -1.78. The van der Waals surface area contributed by atoms with Crippen molar-refractivity contribution in [2.75, 3.05) is 5.75 Å². The number of benzene rings is 3. The smallest absolute Gasteiger partial charge is 0.408 e. The van der Waals surface area contributed by atoms with Gasteiger partial charge in [0.15, 0.2) is 4.87 Å². The zero-order valence-electron chi connectivity index (χ0n) is 17.4. The van der Waals surface area contributed by atoms with Crippen molar-refractivity contribution < 1.29 is 22.5 Å². The number of thioether (sulfide) groups is 1. The third-order valence-electron chi connectivity index (χ3n) is 4.55. The number of halogens is 2. The number of carbonyl (C=O) groups is 1. The normalized spacial score (nSPS) is 13.9. The molecule has 0 saturated heterocycles. The van der Waals surface area contributed by atoms with Crippen molar-refractivity contribution in [3.63, 3.8) is 0 Å². The lowest BCUT2D eigenvalue weighted by Crippen LogP contribution is -2.55. The summed E-state index contributed by atoms with van der Waals surface area (Å²) in [5, 5.41) is 2.32. The molecule has 3 aromatic carbocycles. The maximum atomic E-state index is 14.5. The van der Waals surface area contributed by atoms with E-state index in [1.807, 2.05) is 13.0 Å². The van der Waals surface area contributed by atoms with E-state index in [1.54, 1.807) is 78.9 Å². The third kappa shape index (κ3) is 6.64. The first kappa shape index (κ1) is 23.9. The molecule has 0 radical (unpaired) electrons. The number of aryl methyl sites for hydroxylation is 1. The molecule has 0 fully saturated rings. The minimum absolute atomic E-state index is 0.0664. The first-order valence-electron chi connectivity index (χ1n) is 9.84. The molecule has 3 aromatic rings. The van der Waals surface area contributed by atoms with E-state index in [1.165, 1.54) is 0 Å². The number of amides is 1. The highest BCUT2D eigenvalue weighted by molar-refractivity contribution is 8.01. The van der Waals surface area contributed by atoms with Gasteiger partial charge in [0.1, 0.15) is 6.61 Å². The van der Waals surface area contributed by atoms with Crippen molar-refractivity contribution in [3.8, 4) is 0 Å². The van der Waals surface area contributed by atoms with E-state index in [0.29, 0.717) is 9.79 Å². The summed E-state index contributed by atoms with van der Waals surface area (Å²) < 4.78 is 47.1. The molecule has 0 aliphatic rings. The number of alkyl carbamates (subject to hydrolysis) is 1. The summed E-state index contributed by atoms with van der Waals surface area (Å²) in [6.07, 6.45) is -4.01. The van der Waals surface area contributed by atoms with Gasteiger partial charge in [-0.05, 0) is 36.8 Å². The minimum Gasteiger partial charge on any atom is -0.445 e. The van der Waals surface area contributed by atoms with Crippen molar-refractivity contribution in [2.24, 2.45) is 0 Å². The molecule has 0 unspecified atom stereocenters. The SMILES string of the molecule is Cc1ccc([S@](=O)C[C@@](NC(=O)OCc2ccccc2)(Sc2ccccc2)C(F)F)cc1. The van der Waals surface area contributed by atoms with E-state index >= 15 is 0 Å². The van der Waals surface area contributed by atoms with Gasteiger partial charge in [-0.3, -0.25) is 4.21 Å². The molecule has 168 valence electrons. The van der Waals surface area contributed by atoms with E-state index in [9.17, 15) is 17.8 Å².